The standard InChI is InChI=1S/C19H19N3O2/c1-2-17-21-16(22-24-17)13-20-19(23)18(14-9-5-3-6-10-14)15-11-7-4-8-12-15/h3-12,18H,2,13H2,1H3,(H,20,23). The zero-order valence-electron chi connectivity index (χ0n) is 13.5. The van der Waals surface area contributed by atoms with E-state index in [2.05, 4.69) is 15.5 Å². The Bertz CT molecular complexity index is 745. The molecule has 1 amide bonds. The molecule has 1 aromatic heterocycles. The predicted molar refractivity (Wildman–Crippen MR) is 90.2 cm³/mol. The summed E-state index contributed by atoms with van der Waals surface area (Å²) in [5, 5.41) is 6.77. The number of nitrogens with zero attached hydrogens (tertiary/aromatic N) is 2. The van der Waals surface area contributed by atoms with Crippen molar-refractivity contribution in [1.29, 1.82) is 0 Å². The van der Waals surface area contributed by atoms with Gasteiger partial charge < -0.3 is 9.84 Å². The van der Waals surface area contributed by atoms with Gasteiger partial charge >= 0.3 is 0 Å². The molecule has 0 fully saturated rings. The smallest absolute Gasteiger partial charge is 0.232 e. The van der Waals surface area contributed by atoms with Crippen molar-refractivity contribution in [3.05, 3.63) is 83.5 Å². The van der Waals surface area contributed by atoms with Crippen LogP contribution in [-0.4, -0.2) is 16.0 Å². The van der Waals surface area contributed by atoms with Crippen LogP contribution < -0.4 is 5.32 Å². The summed E-state index contributed by atoms with van der Waals surface area (Å²) in [6, 6.07) is 19.5. The molecule has 0 saturated heterocycles. The third-order valence-electron chi connectivity index (χ3n) is 3.76. The molecule has 0 aliphatic rings. The van der Waals surface area contributed by atoms with Gasteiger partial charge in [-0.25, -0.2) is 0 Å². The fourth-order valence-corrected chi connectivity index (χ4v) is 2.56. The van der Waals surface area contributed by atoms with Crippen LogP contribution in [0.1, 0.15) is 35.7 Å². The minimum Gasteiger partial charge on any atom is -0.348 e. The Hall–Kier alpha value is -2.95. The molecule has 0 unspecified atom stereocenters. The zero-order chi connectivity index (χ0) is 16.8. The maximum atomic E-state index is 12.8. The van der Waals surface area contributed by atoms with E-state index in [1.54, 1.807) is 0 Å². The maximum absolute atomic E-state index is 12.8. The summed E-state index contributed by atoms with van der Waals surface area (Å²) in [6.07, 6.45) is 0.678. The fourth-order valence-electron chi connectivity index (χ4n) is 2.56. The van der Waals surface area contributed by atoms with Crippen molar-refractivity contribution in [2.45, 2.75) is 25.8 Å². The molecule has 2 aromatic carbocycles. The average molecular weight is 321 g/mol. The Kier molecular flexibility index (Phi) is 5.01. The van der Waals surface area contributed by atoms with Crippen LogP contribution in [0.2, 0.25) is 0 Å². The molecule has 0 aliphatic carbocycles. The number of benzene rings is 2. The van der Waals surface area contributed by atoms with Gasteiger partial charge in [-0.2, -0.15) is 4.98 Å². The van der Waals surface area contributed by atoms with Gasteiger partial charge in [-0.15, -0.1) is 0 Å². The van der Waals surface area contributed by atoms with Crippen LogP contribution in [0, 0.1) is 0 Å². The van der Waals surface area contributed by atoms with E-state index in [9.17, 15) is 4.79 Å². The highest BCUT2D eigenvalue weighted by atomic mass is 16.5. The van der Waals surface area contributed by atoms with E-state index in [0.29, 0.717) is 18.1 Å². The highest BCUT2D eigenvalue weighted by molar-refractivity contribution is 5.87. The largest absolute Gasteiger partial charge is 0.348 e. The lowest BCUT2D eigenvalue weighted by Gasteiger charge is -2.17. The summed E-state index contributed by atoms with van der Waals surface area (Å²) >= 11 is 0. The van der Waals surface area contributed by atoms with Crippen LogP contribution >= 0.6 is 0 Å². The molecule has 5 heteroatoms. The van der Waals surface area contributed by atoms with E-state index in [1.165, 1.54) is 0 Å². The summed E-state index contributed by atoms with van der Waals surface area (Å²) in [5.74, 6) is 0.599. The second-order valence-electron chi connectivity index (χ2n) is 5.43. The second-order valence-corrected chi connectivity index (χ2v) is 5.43. The number of aryl methyl sites for hydroxylation is 1. The molecule has 3 rings (SSSR count). The first-order valence-corrected chi connectivity index (χ1v) is 7.97. The quantitative estimate of drug-likeness (QED) is 0.757. The zero-order valence-corrected chi connectivity index (χ0v) is 13.5. The van der Waals surface area contributed by atoms with Crippen molar-refractivity contribution in [2.75, 3.05) is 0 Å². The van der Waals surface area contributed by atoms with Gasteiger partial charge in [0.05, 0.1) is 12.5 Å². The normalized spacial score (nSPS) is 10.8. The van der Waals surface area contributed by atoms with E-state index in [4.69, 9.17) is 4.52 Å². The molecule has 3 aromatic rings. The summed E-state index contributed by atoms with van der Waals surface area (Å²) in [4.78, 5) is 17.0. The number of amides is 1. The Morgan fingerprint density at radius 2 is 1.62 bits per heavy atom. The minimum absolute atomic E-state index is 0.0877. The number of hydrogen-bond acceptors (Lipinski definition) is 4. The van der Waals surface area contributed by atoms with Gasteiger partial charge in [0.25, 0.3) is 0 Å². The molecule has 122 valence electrons. The third-order valence-corrected chi connectivity index (χ3v) is 3.76. The molecule has 0 radical (unpaired) electrons. The van der Waals surface area contributed by atoms with Crippen molar-refractivity contribution in [3.63, 3.8) is 0 Å². The SMILES string of the molecule is CCc1nc(CNC(=O)C(c2ccccc2)c2ccccc2)no1. The van der Waals surface area contributed by atoms with Gasteiger partial charge in [-0.05, 0) is 11.1 Å². The monoisotopic (exact) mass is 321 g/mol. The summed E-state index contributed by atoms with van der Waals surface area (Å²) in [5.41, 5.74) is 1.90. The Morgan fingerprint density at radius 3 is 2.12 bits per heavy atom. The summed E-state index contributed by atoms with van der Waals surface area (Å²) in [6.45, 7) is 2.19. The van der Waals surface area contributed by atoms with Crippen LogP contribution in [0.25, 0.3) is 0 Å². The summed E-state index contributed by atoms with van der Waals surface area (Å²) < 4.78 is 5.06. The first-order chi connectivity index (χ1) is 11.8. The number of hydrogen-bond donors (Lipinski definition) is 1. The topological polar surface area (TPSA) is 68.0 Å². The number of carbonyl (C=O) groups is 1. The van der Waals surface area contributed by atoms with E-state index < -0.39 is 0 Å². The first kappa shape index (κ1) is 15.9. The molecule has 0 atom stereocenters. The maximum Gasteiger partial charge on any atom is 0.232 e. The molecule has 24 heavy (non-hydrogen) atoms. The Morgan fingerprint density at radius 1 is 1.04 bits per heavy atom. The third kappa shape index (κ3) is 3.68. The molecule has 5 nitrogen and oxygen atoms in total. The number of carbonyl (C=O) groups excluding carboxylic acids is 1. The average Bonchev–Trinajstić information content (AvgIpc) is 3.10. The van der Waals surface area contributed by atoms with E-state index in [1.807, 2.05) is 67.6 Å². The van der Waals surface area contributed by atoms with Crippen molar-refractivity contribution < 1.29 is 9.32 Å². The molecule has 0 aliphatic heterocycles. The lowest BCUT2D eigenvalue weighted by molar-refractivity contribution is -0.121. The van der Waals surface area contributed by atoms with Crippen molar-refractivity contribution >= 4 is 5.91 Å². The number of aromatic nitrogens is 2. The van der Waals surface area contributed by atoms with Gasteiger partial charge in [-0.1, -0.05) is 72.7 Å². The lowest BCUT2D eigenvalue weighted by atomic mass is 9.90. The Labute approximate surface area is 140 Å². The summed E-state index contributed by atoms with van der Waals surface area (Å²) in [7, 11) is 0. The van der Waals surface area contributed by atoms with E-state index in [0.717, 1.165) is 11.1 Å². The molecular formula is C19H19N3O2. The van der Waals surface area contributed by atoms with Gasteiger partial charge in [0.2, 0.25) is 11.8 Å². The molecule has 1 heterocycles. The van der Waals surface area contributed by atoms with Gasteiger partial charge in [-0.3, -0.25) is 4.79 Å². The second kappa shape index (κ2) is 7.55. The molecule has 1 N–H and O–H groups in total. The van der Waals surface area contributed by atoms with Gasteiger partial charge in [0, 0.05) is 6.42 Å². The highest BCUT2D eigenvalue weighted by Crippen LogP contribution is 2.24. The van der Waals surface area contributed by atoms with Crippen molar-refractivity contribution in [2.24, 2.45) is 0 Å². The Balaban J connectivity index is 1.79. The highest BCUT2D eigenvalue weighted by Gasteiger charge is 2.22. The predicted octanol–water partition coefficient (Wildman–Crippen LogP) is 3.08. The van der Waals surface area contributed by atoms with Crippen LogP contribution in [0.15, 0.2) is 65.2 Å². The van der Waals surface area contributed by atoms with Crippen molar-refractivity contribution in [1.82, 2.24) is 15.5 Å². The van der Waals surface area contributed by atoms with Crippen LogP contribution in [0.4, 0.5) is 0 Å². The van der Waals surface area contributed by atoms with Crippen LogP contribution in [-0.2, 0) is 17.8 Å². The van der Waals surface area contributed by atoms with E-state index >= 15 is 0 Å². The molecule has 0 saturated carbocycles. The molecule has 0 bridgehead atoms. The van der Waals surface area contributed by atoms with E-state index in [-0.39, 0.29) is 18.4 Å². The first-order valence-electron chi connectivity index (χ1n) is 7.97. The van der Waals surface area contributed by atoms with Gasteiger partial charge in [0.1, 0.15) is 0 Å². The molecular weight excluding hydrogens is 302 g/mol. The molecule has 0 spiro atoms. The van der Waals surface area contributed by atoms with Crippen molar-refractivity contribution in [3.8, 4) is 0 Å². The van der Waals surface area contributed by atoms with Crippen LogP contribution in [0.3, 0.4) is 0 Å². The van der Waals surface area contributed by atoms with Gasteiger partial charge in [0.15, 0.2) is 5.82 Å². The number of rotatable bonds is 6. The fraction of sp³-hybridized carbons (Fsp3) is 0.211. The minimum atomic E-state index is -0.370. The van der Waals surface area contributed by atoms with Crippen LogP contribution in [0.5, 0.6) is 0 Å². The lowest BCUT2D eigenvalue weighted by Crippen LogP contribution is -2.30. The number of nitrogens with one attached hydrogen (secondary N) is 1.